The SMILES string of the molecule is COc1cc(C)c(S(=O)(=O)NC(=N)NCCC[C@H](N)C(=O)c2nc3ccc(C(=O)N[C@H](C(N)=O)C(C)C)cc3s2)c(C)c1C. The number of sulfonamides is 1. The number of nitrogens with two attached hydrogens (primary N) is 2. The van der Waals surface area contributed by atoms with Gasteiger partial charge in [-0.2, -0.15) is 0 Å². The summed E-state index contributed by atoms with van der Waals surface area (Å²) in [6.07, 6.45) is 0.637. The van der Waals surface area contributed by atoms with Gasteiger partial charge in [-0.25, -0.2) is 18.1 Å². The van der Waals surface area contributed by atoms with E-state index in [2.05, 4.69) is 20.3 Å². The van der Waals surface area contributed by atoms with Gasteiger partial charge in [-0.1, -0.05) is 13.8 Å². The number of carbonyl (C=O) groups is 3. The number of carbonyl (C=O) groups excluding carboxylic acids is 3. The standard InChI is InChI=1S/C29H39N7O6S2/c1-14(2)23(26(31)38)35-27(39)18-9-10-20-22(13-18)43-28(34-20)24(37)19(30)8-7-11-33-29(32)36-44(40,41)25-15(3)12-21(42-6)16(4)17(25)5/h9-10,12-14,19,23H,7-8,11,30H2,1-6H3,(H2,31,38)(H,35,39)(H3,32,33,36)/t19-,23-/m0/s1. The van der Waals surface area contributed by atoms with Crippen molar-refractivity contribution in [1.82, 2.24) is 20.3 Å². The van der Waals surface area contributed by atoms with Crippen molar-refractivity contribution in [1.29, 1.82) is 5.41 Å². The number of guanidine groups is 1. The van der Waals surface area contributed by atoms with E-state index in [1.807, 2.05) is 0 Å². The Morgan fingerprint density at radius 2 is 1.80 bits per heavy atom. The van der Waals surface area contributed by atoms with Gasteiger partial charge in [-0.05, 0) is 80.5 Å². The summed E-state index contributed by atoms with van der Waals surface area (Å²) >= 11 is 1.10. The topological polar surface area (TPSA) is 219 Å². The number of amides is 2. The molecule has 0 unspecified atom stereocenters. The first kappa shape index (κ1) is 34.4. The Kier molecular flexibility index (Phi) is 11.1. The maximum absolute atomic E-state index is 13.0. The van der Waals surface area contributed by atoms with E-state index in [1.54, 1.807) is 58.9 Å². The molecule has 3 aromatic rings. The first-order chi connectivity index (χ1) is 20.6. The van der Waals surface area contributed by atoms with E-state index in [0.29, 0.717) is 44.6 Å². The zero-order valence-electron chi connectivity index (χ0n) is 25.5. The first-order valence-corrected chi connectivity index (χ1v) is 16.2. The summed E-state index contributed by atoms with van der Waals surface area (Å²) < 4.78 is 34.2. The zero-order chi connectivity index (χ0) is 32.9. The number of nitrogens with zero attached hydrogens (tertiary/aromatic N) is 1. The van der Waals surface area contributed by atoms with Crippen LogP contribution in [0.5, 0.6) is 5.75 Å². The average Bonchev–Trinajstić information content (AvgIpc) is 3.38. The molecular weight excluding hydrogens is 606 g/mol. The van der Waals surface area contributed by atoms with Crippen LogP contribution in [0.25, 0.3) is 10.2 Å². The fourth-order valence-corrected chi connectivity index (χ4v) is 7.15. The van der Waals surface area contributed by atoms with Crippen LogP contribution < -0.4 is 31.6 Å². The summed E-state index contributed by atoms with van der Waals surface area (Å²) in [5.41, 5.74) is 14.1. The summed E-state index contributed by atoms with van der Waals surface area (Å²) in [7, 11) is -2.51. The van der Waals surface area contributed by atoms with E-state index < -0.39 is 39.9 Å². The minimum absolute atomic E-state index is 0.0870. The second kappa shape index (κ2) is 14.1. The fourth-order valence-electron chi connectivity index (χ4n) is 4.66. The van der Waals surface area contributed by atoms with Gasteiger partial charge in [0.25, 0.3) is 15.9 Å². The van der Waals surface area contributed by atoms with Crippen molar-refractivity contribution >= 4 is 55.1 Å². The third-order valence-corrected chi connectivity index (χ3v) is 9.83. The normalized spacial score (nSPS) is 12.9. The van der Waals surface area contributed by atoms with Crippen LogP contribution in [-0.4, -0.2) is 62.7 Å². The van der Waals surface area contributed by atoms with Crippen LogP contribution in [0.2, 0.25) is 0 Å². The molecule has 8 N–H and O–H groups in total. The number of thiazole rings is 1. The van der Waals surface area contributed by atoms with Gasteiger partial charge in [0.15, 0.2) is 5.01 Å². The highest BCUT2D eigenvalue weighted by molar-refractivity contribution is 7.90. The Hall–Kier alpha value is -4.08. The fraction of sp³-hybridized carbons (Fsp3) is 0.414. The number of rotatable bonds is 13. The molecule has 2 amide bonds. The molecule has 0 saturated heterocycles. The molecule has 0 bridgehead atoms. The molecule has 0 saturated carbocycles. The molecular formula is C29H39N7O6S2. The number of methoxy groups -OCH3 is 1. The molecule has 13 nitrogen and oxygen atoms in total. The van der Waals surface area contributed by atoms with Crippen LogP contribution in [0, 0.1) is 32.1 Å². The number of benzene rings is 2. The van der Waals surface area contributed by atoms with Gasteiger partial charge in [0.05, 0.1) is 28.3 Å². The highest BCUT2D eigenvalue weighted by atomic mass is 32.2. The molecule has 0 aliphatic carbocycles. The van der Waals surface area contributed by atoms with E-state index in [1.165, 1.54) is 7.11 Å². The van der Waals surface area contributed by atoms with Gasteiger partial charge in [-0.3, -0.25) is 19.8 Å². The van der Waals surface area contributed by atoms with Crippen molar-refractivity contribution in [2.24, 2.45) is 17.4 Å². The minimum atomic E-state index is -4.03. The van der Waals surface area contributed by atoms with Crippen LogP contribution in [0.3, 0.4) is 0 Å². The summed E-state index contributed by atoms with van der Waals surface area (Å²) in [6.45, 7) is 8.86. The molecule has 0 aliphatic heterocycles. The number of primary amides is 1. The van der Waals surface area contributed by atoms with Crippen molar-refractivity contribution in [3.05, 3.63) is 51.5 Å². The summed E-state index contributed by atoms with van der Waals surface area (Å²) in [5, 5.41) is 13.6. The monoisotopic (exact) mass is 645 g/mol. The van der Waals surface area contributed by atoms with Crippen molar-refractivity contribution in [3.8, 4) is 5.75 Å². The Labute approximate surface area is 260 Å². The van der Waals surface area contributed by atoms with E-state index in [4.69, 9.17) is 21.6 Å². The molecule has 2 aromatic carbocycles. The molecule has 0 radical (unpaired) electrons. The van der Waals surface area contributed by atoms with E-state index in [0.717, 1.165) is 11.3 Å². The maximum Gasteiger partial charge on any atom is 0.264 e. The lowest BCUT2D eigenvalue weighted by Gasteiger charge is -2.18. The van der Waals surface area contributed by atoms with Gasteiger partial charge < -0.3 is 26.8 Å². The Bertz CT molecular complexity index is 1700. The Morgan fingerprint density at radius 3 is 2.41 bits per heavy atom. The second-order valence-electron chi connectivity index (χ2n) is 10.8. The summed E-state index contributed by atoms with van der Waals surface area (Å²) in [5.74, 6) is -1.47. The van der Waals surface area contributed by atoms with E-state index in [-0.39, 0.29) is 34.6 Å². The van der Waals surface area contributed by atoms with E-state index in [9.17, 15) is 22.8 Å². The highest BCUT2D eigenvalue weighted by Crippen LogP contribution is 2.30. The number of aryl methyl sites for hydroxylation is 1. The molecule has 2 atom stereocenters. The molecule has 44 heavy (non-hydrogen) atoms. The van der Waals surface area contributed by atoms with Crippen molar-refractivity contribution in [2.45, 2.75) is 64.4 Å². The van der Waals surface area contributed by atoms with Gasteiger partial charge in [-0.15, -0.1) is 11.3 Å². The minimum Gasteiger partial charge on any atom is -0.496 e. The van der Waals surface area contributed by atoms with Gasteiger partial charge in [0.2, 0.25) is 17.6 Å². The van der Waals surface area contributed by atoms with Crippen molar-refractivity contribution < 1.29 is 27.5 Å². The largest absolute Gasteiger partial charge is 0.496 e. The summed E-state index contributed by atoms with van der Waals surface area (Å²) in [6, 6.07) is 4.71. The van der Waals surface area contributed by atoms with E-state index >= 15 is 0 Å². The third kappa shape index (κ3) is 7.89. The van der Waals surface area contributed by atoms with Crippen LogP contribution >= 0.6 is 11.3 Å². The van der Waals surface area contributed by atoms with Crippen molar-refractivity contribution in [3.63, 3.8) is 0 Å². The number of Topliss-reactive ketones (excluding diaryl/α,β-unsaturated/α-hetero) is 1. The Morgan fingerprint density at radius 1 is 1.11 bits per heavy atom. The highest BCUT2D eigenvalue weighted by Gasteiger charge is 2.25. The number of nitrogens with one attached hydrogen (secondary N) is 4. The number of hydrogen-bond acceptors (Lipinski definition) is 10. The Balaban J connectivity index is 1.56. The molecule has 1 aromatic heterocycles. The van der Waals surface area contributed by atoms with Crippen LogP contribution in [-0.2, 0) is 14.8 Å². The number of fused-ring (bicyclic) bond motifs is 1. The number of hydrogen-bond donors (Lipinski definition) is 6. The van der Waals surface area contributed by atoms with Crippen molar-refractivity contribution in [2.75, 3.05) is 13.7 Å². The predicted octanol–water partition coefficient (Wildman–Crippen LogP) is 2.26. The predicted molar refractivity (Wildman–Crippen MR) is 170 cm³/mol. The third-order valence-electron chi connectivity index (χ3n) is 7.16. The van der Waals surface area contributed by atoms with Crippen LogP contribution in [0.4, 0.5) is 0 Å². The van der Waals surface area contributed by atoms with Gasteiger partial charge in [0.1, 0.15) is 11.8 Å². The molecule has 15 heteroatoms. The van der Waals surface area contributed by atoms with Crippen LogP contribution in [0.15, 0.2) is 29.2 Å². The lowest BCUT2D eigenvalue weighted by molar-refractivity contribution is -0.120. The first-order valence-electron chi connectivity index (χ1n) is 13.9. The molecule has 238 valence electrons. The maximum atomic E-state index is 13.0. The lowest BCUT2D eigenvalue weighted by atomic mass is 10.0. The number of ketones is 1. The molecule has 3 rings (SSSR count). The zero-order valence-corrected chi connectivity index (χ0v) is 27.2. The van der Waals surface area contributed by atoms with Gasteiger partial charge >= 0.3 is 0 Å². The van der Waals surface area contributed by atoms with Crippen LogP contribution in [0.1, 0.15) is 63.5 Å². The smallest absolute Gasteiger partial charge is 0.264 e. The molecule has 1 heterocycles. The molecule has 0 aliphatic rings. The average molecular weight is 646 g/mol. The quantitative estimate of drug-likeness (QED) is 0.0694. The number of aromatic nitrogens is 1. The molecule has 0 fully saturated rings. The molecule has 0 spiro atoms. The number of ether oxygens (including phenoxy) is 1. The lowest BCUT2D eigenvalue weighted by Crippen LogP contribution is -2.47. The second-order valence-corrected chi connectivity index (χ2v) is 13.4. The summed E-state index contributed by atoms with van der Waals surface area (Å²) in [4.78, 5) is 41.7. The van der Waals surface area contributed by atoms with Gasteiger partial charge in [0, 0.05) is 12.1 Å².